The highest BCUT2D eigenvalue weighted by Gasteiger charge is 2.00. The second kappa shape index (κ2) is 11.9. The predicted molar refractivity (Wildman–Crippen MR) is 64.6 cm³/mol. The summed E-state index contributed by atoms with van der Waals surface area (Å²) in [6.07, 6.45) is 0. The maximum absolute atomic E-state index is 11.1. The van der Waals surface area contributed by atoms with Crippen molar-refractivity contribution >= 4 is 12.1 Å². The van der Waals surface area contributed by atoms with Crippen LogP contribution < -0.4 is 10.6 Å². The lowest BCUT2D eigenvalue weighted by molar-refractivity contribution is 0.149. The molecule has 0 aliphatic rings. The Hall–Kier alpha value is -1.54. The molecule has 18 heavy (non-hydrogen) atoms. The summed E-state index contributed by atoms with van der Waals surface area (Å²) < 4.78 is 10.0. The van der Waals surface area contributed by atoms with Crippen molar-refractivity contribution in [3.8, 4) is 0 Å². The fraction of sp³-hybridized carbons (Fsp3) is 0.800. The van der Waals surface area contributed by atoms with Crippen LogP contribution in [0.5, 0.6) is 0 Å². The van der Waals surface area contributed by atoms with E-state index in [-0.39, 0.29) is 0 Å². The number of carbonyl (C=O) groups excluding carboxylic acids is 2. The van der Waals surface area contributed by atoms with Gasteiger partial charge in [-0.05, 0) is 13.8 Å². The first-order valence-corrected chi connectivity index (χ1v) is 5.83. The highest BCUT2D eigenvalue weighted by atomic mass is 16.5. The summed E-state index contributed by atoms with van der Waals surface area (Å²) in [4.78, 5) is 22.1. The smallest absolute Gasteiger partial charge is 0.359 e. The summed E-state index contributed by atoms with van der Waals surface area (Å²) in [5.74, 6) is 0. The van der Waals surface area contributed by atoms with Gasteiger partial charge in [0.15, 0.2) is 0 Å². The molecule has 2 N–H and O–H groups in total. The van der Waals surface area contributed by atoms with Gasteiger partial charge in [-0.25, -0.2) is 9.59 Å². The third-order valence-electron chi connectivity index (χ3n) is 1.69. The summed E-state index contributed by atoms with van der Waals surface area (Å²) in [6.45, 7) is 6.34. The number of hydrogen-bond donors (Lipinski definition) is 2. The van der Waals surface area contributed by atoms with Crippen LogP contribution in [-0.4, -0.2) is 51.6 Å². The second-order valence-electron chi connectivity index (χ2n) is 3.06. The third kappa shape index (κ3) is 11.0. The van der Waals surface area contributed by atoms with Gasteiger partial charge in [0.1, 0.15) is 0 Å². The lowest BCUT2D eigenvalue weighted by atomic mass is 10.7. The van der Waals surface area contributed by atoms with E-state index in [0.717, 1.165) is 0 Å². The van der Waals surface area contributed by atoms with E-state index in [1.165, 1.54) is 0 Å². The van der Waals surface area contributed by atoms with Crippen LogP contribution in [0.3, 0.4) is 0 Å². The van der Waals surface area contributed by atoms with Gasteiger partial charge in [0.25, 0.3) is 0 Å². The minimum absolute atomic E-state index is 0.331. The van der Waals surface area contributed by atoms with Crippen molar-refractivity contribution in [3.05, 3.63) is 0 Å². The molecule has 0 spiro atoms. The number of azo groups is 1. The van der Waals surface area contributed by atoms with Crippen molar-refractivity contribution in [3.63, 3.8) is 0 Å². The molecule has 0 fully saturated rings. The molecule has 0 heterocycles. The first-order valence-electron chi connectivity index (χ1n) is 5.83. The molecule has 0 bridgehead atoms. The van der Waals surface area contributed by atoms with E-state index in [1.807, 2.05) is 13.8 Å². The minimum atomic E-state index is -0.672. The Morgan fingerprint density at radius 3 is 1.61 bits per heavy atom. The van der Waals surface area contributed by atoms with Gasteiger partial charge in [-0.3, -0.25) is 0 Å². The molecule has 8 nitrogen and oxygen atoms in total. The number of nitrogens with one attached hydrogen (secondary N) is 2. The Bertz CT molecular complexity index is 245. The van der Waals surface area contributed by atoms with E-state index >= 15 is 0 Å². The van der Waals surface area contributed by atoms with Crippen LogP contribution in [0.15, 0.2) is 10.2 Å². The van der Waals surface area contributed by atoms with Gasteiger partial charge in [-0.2, -0.15) is 0 Å². The number of amides is 4. The van der Waals surface area contributed by atoms with Gasteiger partial charge in [0.2, 0.25) is 0 Å². The Morgan fingerprint density at radius 2 is 1.28 bits per heavy atom. The molecule has 0 aromatic heterocycles. The molecule has 4 amide bonds. The van der Waals surface area contributed by atoms with Gasteiger partial charge >= 0.3 is 12.1 Å². The SMILES string of the molecule is CCOCCNC(=O)/N=N/C(=O)NCCOCC. The van der Waals surface area contributed by atoms with E-state index in [1.54, 1.807) is 0 Å². The van der Waals surface area contributed by atoms with Gasteiger partial charge in [-0.1, -0.05) is 10.2 Å². The predicted octanol–water partition coefficient (Wildman–Crippen LogP) is 0.931. The van der Waals surface area contributed by atoms with E-state index in [2.05, 4.69) is 20.9 Å². The number of carbonyl (C=O) groups is 2. The fourth-order valence-corrected chi connectivity index (χ4v) is 0.910. The normalized spacial score (nSPS) is 10.6. The van der Waals surface area contributed by atoms with Crippen molar-refractivity contribution < 1.29 is 19.1 Å². The number of rotatable bonds is 8. The molecule has 0 rings (SSSR count). The molecular formula is C10H20N4O4. The van der Waals surface area contributed by atoms with Crippen molar-refractivity contribution in [1.82, 2.24) is 10.6 Å². The maximum atomic E-state index is 11.1. The number of ether oxygens (including phenoxy) is 2. The highest BCUT2D eigenvalue weighted by molar-refractivity contribution is 5.79. The van der Waals surface area contributed by atoms with Crippen LogP contribution in [0.2, 0.25) is 0 Å². The van der Waals surface area contributed by atoms with Crippen LogP contribution in [0.25, 0.3) is 0 Å². The molecule has 0 aromatic rings. The van der Waals surface area contributed by atoms with Crippen LogP contribution in [0.1, 0.15) is 13.8 Å². The van der Waals surface area contributed by atoms with E-state index in [0.29, 0.717) is 39.5 Å². The fourth-order valence-electron chi connectivity index (χ4n) is 0.910. The average Bonchev–Trinajstić information content (AvgIpc) is 2.37. The van der Waals surface area contributed by atoms with Crippen LogP contribution in [0.4, 0.5) is 9.59 Å². The van der Waals surface area contributed by atoms with E-state index < -0.39 is 12.1 Å². The maximum Gasteiger partial charge on any atom is 0.359 e. The van der Waals surface area contributed by atoms with E-state index in [9.17, 15) is 9.59 Å². The molecular weight excluding hydrogens is 240 g/mol. The largest absolute Gasteiger partial charge is 0.380 e. The first-order chi connectivity index (χ1) is 8.70. The highest BCUT2D eigenvalue weighted by Crippen LogP contribution is 1.82. The van der Waals surface area contributed by atoms with Gasteiger partial charge < -0.3 is 20.1 Å². The lowest BCUT2D eigenvalue weighted by Crippen LogP contribution is -2.26. The van der Waals surface area contributed by atoms with Crippen molar-refractivity contribution in [2.45, 2.75) is 13.8 Å². The number of urea groups is 2. The molecule has 0 unspecified atom stereocenters. The quantitative estimate of drug-likeness (QED) is 0.500. The molecule has 0 radical (unpaired) electrons. The lowest BCUT2D eigenvalue weighted by Gasteiger charge is -2.01. The molecule has 0 aliphatic carbocycles. The topological polar surface area (TPSA) is 101 Å². The standard InChI is InChI=1S/C10H20N4O4/c1-3-17-7-5-11-9(15)13-14-10(16)12-6-8-18-4-2/h3-8H2,1-2H3,(H,11,15)(H,12,16)/b14-13+. The second-order valence-corrected chi connectivity index (χ2v) is 3.06. The minimum Gasteiger partial charge on any atom is -0.380 e. The van der Waals surface area contributed by atoms with Gasteiger partial charge in [0, 0.05) is 26.3 Å². The van der Waals surface area contributed by atoms with Crippen LogP contribution in [-0.2, 0) is 9.47 Å². The summed E-state index contributed by atoms with van der Waals surface area (Å²) in [7, 11) is 0. The Morgan fingerprint density at radius 1 is 0.889 bits per heavy atom. The zero-order valence-corrected chi connectivity index (χ0v) is 10.8. The molecule has 0 aromatic carbocycles. The van der Waals surface area contributed by atoms with Crippen LogP contribution >= 0.6 is 0 Å². The van der Waals surface area contributed by atoms with Crippen molar-refractivity contribution in [2.24, 2.45) is 10.2 Å². The first kappa shape index (κ1) is 16.5. The Kier molecular flexibility index (Phi) is 10.9. The third-order valence-corrected chi connectivity index (χ3v) is 1.69. The summed E-state index contributed by atoms with van der Waals surface area (Å²) >= 11 is 0. The summed E-state index contributed by atoms with van der Waals surface area (Å²) in [5.41, 5.74) is 0. The van der Waals surface area contributed by atoms with Crippen LogP contribution in [0, 0.1) is 0 Å². The van der Waals surface area contributed by atoms with Gasteiger partial charge in [-0.15, -0.1) is 0 Å². The van der Waals surface area contributed by atoms with Crippen molar-refractivity contribution in [1.29, 1.82) is 0 Å². The zero-order chi connectivity index (χ0) is 13.6. The molecule has 104 valence electrons. The van der Waals surface area contributed by atoms with Gasteiger partial charge in [0.05, 0.1) is 13.2 Å². The summed E-state index contributed by atoms with van der Waals surface area (Å²) in [6, 6.07) is -1.34. The molecule has 0 atom stereocenters. The van der Waals surface area contributed by atoms with Crippen molar-refractivity contribution in [2.75, 3.05) is 39.5 Å². The zero-order valence-electron chi connectivity index (χ0n) is 10.8. The van der Waals surface area contributed by atoms with E-state index in [4.69, 9.17) is 9.47 Å². The molecule has 0 aliphatic heterocycles. The Labute approximate surface area is 106 Å². The molecule has 0 saturated carbocycles. The molecule has 8 heteroatoms. The average molecular weight is 260 g/mol. The number of nitrogens with zero attached hydrogens (tertiary/aromatic N) is 2. The summed E-state index contributed by atoms with van der Waals surface area (Å²) in [5, 5.41) is 11.2. The Balaban J connectivity index is 3.58. The number of hydrogen-bond acceptors (Lipinski definition) is 4. The monoisotopic (exact) mass is 260 g/mol. The molecule has 0 saturated heterocycles.